The Kier molecular flexibility index (Phi) is 8.37. The largest absolute Gasteiger partial charge is 0.497 e. The van der Waals surface area contributed by atoms with Crippen LogP contribution in [0.3, 0.4) is 0 Å². The lowest BCUT2D eigenvalue weighted by Gasteiger charge is -2.40. The van der Waals surface area contributed by atoms with E-state index in [9.17, 15) is 0 Å². The minimum Gasteiger partial charge on any atom is -0.497 e. The fourth-order valence-corrected chi connectivity index (χ4v) is 4.82. The van der Waals surface area contributed by atoms with Gasteiger partial charge < -0.3 is 18.6 Å². The summed E-state index contributed by atoms with van der Waals surface area (Å²) in [7, 11) is -0.0177. The lowest BCUT2D eigenvalue weighted by atomic mass is 9.86. The molecule has 1 unspecified atom stereocenters. The highest BCUT2D eigenvalue weighted by Gasteiger charge is 2.38. The van der Waals surface area contributed by atoms with Crippen molar-refractivity contribution >= 4 is 8.32 Å². The Morgan fingerprint density at radius 2 is 1.76 bits per heavy atom. The SMILES string of the molecule is COc1ccc(C2OC[C@H](C)[C@H]([C@@H](C)C[C@@H](C)CO[Si](C)(C)C(C)(C)C)O2)cc1. The van der Waals surface area contributed by atoms with Crippen molar-refractivity contribution in [3.05, 3.63) is 29.8 Å². The monoisotopic (exact) mass is 422 g/mol. The van der Waals surface area contributed by atoms with Crippen LogP contribution in [0.15, 0.2) is 24.3 Å². The van der Waals surface area contributed by atoms with Crippen LogP contribution in [0, 0.1) is 17.8 Å². The molecule has 0 bridgehead atoms. The smallest absolute Gasteiger partial charge is 0.191 e. The molecule has 29 heavy (non-hydrogen) atoms. The molecule has 166 valence electrons. The molecule has 1 aliphatic heterocycles. The average molecular weight is 423 g/mol. The first-order chi connectivity index (χ1) is 13.4. The Balaban J connectivity index is 1.93. The van der Waals surface area contributed by atoms with Crippen LogP contribution in [0.4, 0.5) is 0 Å². The second-order valence-electron chi connectivity index (χ2n) is 10.4. The van der Waals surface area contributed by atoms with E-state index >= 15 is 0 Å². The fourth-order valence-electron chi connectivity index (χ4n) is 3.68. The van der Waals surface area contributed by atoms with Gasteiger partial charge >= 0.3 is 0 Å². The second-order valence-corrected chi connectivity index (χ2v) is 15.2. The molecule has 0 spiro atoms. The highest BCUT2D eigenvalue weighted by atomic mass is 28.4. The number of hydrogen-bond acceptors (Lipinski definition) is 4. The van der Waals surface area contributed by atoms with E-state index in [1.807, 2.05) is 24.3 Å². The van der Waals surface area contributed by atoms with Crippen molar-refractivity contribution < 1.29 is 18.6 Å². The highest BCUT2D eigenvalue weighted by molar-refractivity contribution is 6.74. The summed E-state index contributed by atoms with van der Waals surface area (Å²) in [5.41, 5.74) is 1.05. The Hall–Kier alpha value is -0.883. The summed E-state index contributed by atoms with van der Waals surface area (Å²) >= 11 is 0. The molecule has 1 aromatic rings. The van der Waals surface area contributed by atoms with Crippen LogP contribution >= 0.6 is 0 Å². The van der Waals surface area contributed by atoms with Crippen molar-refractivity contribution in [1.82, 2.24) is 0 Å². The van der Waals surface area contributed by atoms with Gasteiger partial charge in [-0.2, -0.15) is 0 Å². The molecule has 0 saturated carbocycles. The number of hydrogen-bond donors (Lipinski definition) is 0. The van der Waals surface area contributed by atoms with Crippen LogP contribution in [0.2, 0.25) is 18.1 Å². The van der Waals surface area contributed by atoms with E-state index in [1.54, 1.807) is 7.11 Å². The van der Waals surface area contributed by atoms with Crippen LogP contribution in [-0.2, 0) is 13.9 Å². The number of rotatable bonds is 8. The van der Waals surface area contributed by atoms with Gasteiger partial charge in [-0.3, -0.25) is 0 Å². The lowest BCUT2D eigenvalue weighted by Crippen LogP contribution is -2.42. The van der Waals surface area contributed by atoms with E-state index in [0.29, 0.717) is 17.8 Å². The van der Waals surface area contributed by atoms with Gasteiger partial charge in [0.05, 0.1) is 19.8 Å². The Labute approximate surface area is 179 Å². The molecular formula is C24H42O4Si. The normalized spacial score (nSPS) is 25.5. The zero-order valence-electron chi connectivity index (χ0n) is 20.0. The Morgan fingerprint density at radius 3 is 2.31 bits per heavy atom. The van der Waals surface area contributed by atoms with Crippen molar-refractivity contribution in [3.63, 3.8) is 0 Å². The van der Waals surface area contributed by atoms with Gasteiger partial charge in [0.25, 0.3) is 0 Å². The maximum atomic E-state index is 6.44. The first kappa shape index (κ1) is 24.4. The summed E-state index contributed by atoms with van der Waals surface area (Å²) in [6.07, 6.45) is 0.980. The molecule has 1 fully saturated rings. The molecule has 5 atom stereocenters. The van der Waals surface area contributed by atoms with Gasteiger partial charge in [0.2, 0.25) is 0 Å². The molecule has 5 heteroatoms. The van der Waals surface area contributed by atoms with Crippen molar-refractivity contribution in [2.24, 2.45) is 17.8 Å². The minimum atomic E-state index is -1.70. The van der Waals surface area contributed by atoms with E-state index in [2.05, 4.69) is 54.6 Å². The zero-order valence-corrected chi connectivity index (χ0v) is 21.0. The third-order valence-corrected chi connectivity index (χ3v) is 11.1. The van der Waals surface area contributed by atoms with E-state index in [0.717, 1.165) is 30.9 Å². The quantitative estimate of drug-likeness (QED) is 0.452. The van der Waals surface area contributed by atoms with Crippen LogP contribution in [0.5, 0.6) is 5.75 Å². The van der Waals surface area contributed by atoms with Crippen LogP contribution < -0.4 is 4.74 Å². The van der Waals surface area contributed by atoms with Gasteiger partial charge in [0.15, 0.2) is 14.6 Å². The van der Waals surface area contributed by atoms with Gasteiger partial charge in [-0.25, -0.2) is 0 Å². The summed E-state index contributed by atoms with van der Waals surface area (Å²) in [4.78, 5) is 0. The maximum Gasteiger partial charge on any atom is 0.191 e. The minimum absolute atomic E-state index is 0.186. The second kappa shape index (κ2) is 9.95. The molecule has 0 radical (unpaired) electrons. The molecule has 0 aromatic heterocycles. The zero-order chi connectivity index (χ0) is 21.8. The van der Waals surface area contributed by atoms with E-state index in [4.69, 9.17) is 18.6 Å². The van der Waals surface area contributed by atoms with Crippen molar-refractivity contribution in [2.75, 3.05) is 20.3 Å². The first-order valence-corrected chi connectivity index (χ1v) is 13.9. The fraction of sp³-hybridized carbons (Fsp3) is 0.750. The van der Waals surface area contributed by atoms with Gasteiger partial charge in [0.1, 0.15) is 5.75 Å². The standard InChI is InChI=1S/C24H42O4Si/c1-17(15-27-29(8,9)24(4,5)6)14-18(2)22-19(3)16-26-23(28-22)20-10-12-21(25-7)13-11-20/h10-13,17-19,22-23H,14-16H2,1-9H3/t17-,18+,19+,22+,23?/m1/s1. The van der Waals surface area contributed by atoms with Crippen molar-refractivity contribution in [3.8, 4) is 5.75 Å². The first-order valence-electron chi connectivity index (χ1n) is 11.0. The predicted molar refractivity (Wildman–Crippen MR) is 122 cm³/mol. The predicted octanol–water partition coefficient (Wildman–Crippen LogP) is 6.43. The molecule has 0 N–H and O–H groups in total. The van der Waals surface area contributed by atoms with Crippen molar-refractivity contribution in [2.45, 2.75) is 78.5 Å². The molecule has 2 rings (SSSR count). The summed E-state index contributed by atoms with van der Waals surface area (Å²) < 4.78 is 24.1. The summed E-state index contributed by atoms with van der Waals surface area (Å²) in [6, 6.07) is 7.96. The molecular weight excluding hydrogens is 380 g/mol. The Bertz CT molecular complexity index is 623. The van der Waals surface area contributed by atoms with Crippen LogP contribution in [0.1, 0.15) is 59.8 Å². The molecule has 1 saturated heterocycles. The molecule has 1 aliphatic rings. The maximum absolute atomic E-state index is 6.44. The molecule has 1 aromatic carbocycles. The van der Waals surface area contributed by atoms with Gasteiger partial charge in [0, 0.05) is 18.1 Å². The molecule has 0 amide bonds. The topological polar surface area (TPSA) is 36.9 Å². The van der Waals surface area contributed by atoms with Gasteiger partial charge in [-0.15, -0.1) is 0 Å². The number of methoxy groups -OCH3 is 1. The number of benzene rings is 1. The molecule has 0 aliphatic carbocycles. The highest BCUT2D eigenvalue weighted by Crippen LogP contribution is 2.38. The van der Waals surface area contributed by atoms with Crippen LogP contribution in [0.25, 0.3) is 0 Å². The summed E-state index contributed by atoms with van der Waals surface area (Å²) in [5, 5.41) is 0.252. The molecule has 1 heterocycles. The van der Waals surface area contributed by atoms with E-state index in [-0.39, 0.29) is 17.4 Å². The molecule has 4 nitrogen and oxygen atoms in total. The lowest BCUT2D eigenvalue weighted by molar-refractivity contribution is -0.250. The average Bonchev–Trinajstić information content (AvgIpc) is 2.66. The number of ether oxygens (including phenoxy) is 3. The summed E-state index contributed by atoms with van der Waals surface area (Å²) in [6.45, 7) is 19.9. The van der Waals surface area contributed by atoms with Crippen LogP contribution in [-0.4, -0.2) is 34.7 Å². The van der Waals surface area contributed by atoms with Gasteiger partial charge in [-0.05, 0) is 48.5 Å². The third kappa shape index (κ3) is 6.55. The van der Waals surface area contributed by atoms with E-state index in [1.165, 1.54) is 0 Å². The summed E-state index contributed by atoms with van der Waals surface area (Å²) in [5.74, 6) is 2.19. The third-order valence-electron chi connectivity index (χ3n) is 6.61. The van der Waals surface area contributed by atoms with E-state index < -0.39 is 8.32 Å². The van der Waals surface area contributed by atoms with Crippen molar-refractivity contribution in [1.29, 1.82) is 0 Å². The van der Waals surface area contributed by atoms with Gasteiger partial charge in [-0.1, -0.05) is 53.7 Å². The Morgan fingerprint density at radius 1 is 1.14 bits per heavy atom.